The van der Waals surface area contributed by atoms with Crippen molar-refractivity contribution < 1.29 is 33.4 Å². The summed E-state index contributed by atoms with van der Waals surface area (Å²) in [4.78, 5) is 62.9. The summed E-state index contributed by atoms with van der Waals surface area (Å²) in [6.07, 6.45) is 0.117. The van der Waals surface area contributed by atoms with Crippen molar-refractivity contribution in [3.63, 3.8) is 0 Å². The summed E-state index contributed by atoms with van der Waals surface area (Å²) in [5.74, 6) is -1.98. The molecule has 0 aromatic carbocycles. The van der Waals surface area contributed by atoms with Crippen LogP contribution in [0.25, 0.3) is 0 Å². The smallest absolute Gasteiger partial charge is 0.409 e. The number of hydrogen-bond donors (Lipinski definition) is 1. The molecule has 2 aliphatic rings. The number of nitrogens with one attached hydrogen (secondary N) is 1. The van der Waals surface area contributed by atoms with Crippen LogP contribution in [0.3, 0.4) is 0 Å². The molecule has 0 atom stereocenters. The number of esters is 1. The van der Waals surface area contributed by atoms with Crippen LogP contribution in [-0.4, -0.2) is 66.9 Å². The Morgan fingerprint density at radius 1 is 1.07 bits per heavy atom. The third-order valence-electron chi connectivity index (χ3n) is 4.59. The maximum Gasteiger partial charge on any atom is 0.409 e. The van der Waals surface area contributed by atoms with Crippen LogP contribution in [0.2, 0.25) is 0 Å². The Bertz CT molecular complexity index is 847. The van der Waals surface area contributed by atoms with E-state index >= 15 is 0 Å². The van der Waals surface area contributed by atoms with Gasteiger partial charge in [0.2, 0.25) is 17.7 Å². The zero-order chi connectivity index (χ0) is 20.4. The number of rotatable bonds is 4. The molecular formula is C17H19N3O7S. The van der Waals surface area contributed by atoms with Crippen LogP contribution in [-0.2, 0) is 36.8 Å². The van der Waals surface area contributed by atoms with Crippen LogP contribution >= 0.6 is 11.3 Å². The van der Waals surface area contributed by atoms with Crippen LogP contribution in [0.4, 0.5) is 9.80 Å². The Labute approximate surface area is 164 Å². The van der Waals surface area contributed by atoms with Gasteiger partial charge in [0.25, 0.3) is 0 Å². The zero-order valence-corrected chi connectivity index (χ0v) is 16.2. The molecule has 1 aromatic heterocycles. The molecule has 0 bridgehead atoms. The van der Waals surface area contributed by atoms with Gasteiger partial charge in [-0.1, -0.05) is 0 Å². The highest BCUT2D eigenvalue weighted by atomic mass is 32.1. The number of ether oxygens (including phenoxy) is 2. The van der Waals surface area contributed by atoms with Crippen molar-refractivity contribution in [2.45, 2.75) is 25.8 Å². The van der Waals surface area contributed by atoms with Gasteiger partial charge in [-0.05, 0) is 12.0 Å². The molecule has 2 aliphatic heterocycles. The number of fused-ring (bicyclic) bond motifs is 1. The first-order valence-electron chi connectivity index (χ1n) is 8.54. The molecule has 1 aromatic rings. The minimum absolute atomic E-state index is 0.0934. The molecule has 1 fully saturated rings. The van der Waals surface area contributed by atoms with Gasteiger partial charge in [-0.3, -0.25) is 19.3 Å². The van der Waals surface area contributed by atoms with Gasteiger partial charge in [0.05, 0.1) is 26.3 Å². The number of methoxy groups -OCH3 is 2. The van der Waals surface area contributed by atoms with Crippen LogP contribution in [0.5, 0.6) is 0 Å². The zero-order valence-electron chi connectivity index (χ0n) is 15.4. The lowest BCUT2D eigenvalue weighted by Crippen LogP contribution is -2.37. The van der Waals surface area contributed by atoms with Gasteiger partial charge < -0.3 is 19.7 Å². The summed E-state index contributed by atoms with van der Waals surface area (Å²) in [6, 6.07) is 0. The number of carbonyl (C=O) groups excluding carboxylic acids is 5. The molecule has 3 heterocycles. The first kappa shape index (κ1) is 19.8. The molecule has 11 heteroatoms. The molecule has 0 radical (unpaired) electrons. The maximum atomic E-state index is 12.4. The Kier molecular flexibility index (Phi) is 5.63. The topological polar surface area (TPSA) is 122 Å². The highest BCUT2D eigenvalue weighted by Gasteiger charge is 2.33. The minimum atomic E-state index is -0.604. The second-order valence-electron chi connectivity index (χ2n) is 6.26. The van der Waals surface area contributed by atoms with E-state index in [1.165, 1.54) is 19.1 Å². The van der Waals surface area contributed by atoms with Gasteiger partial charge in [0, 0.05) is 24.3 Å². The van der Waals surface area contributed by atoms with E-state index in [1.54, 1.807) is 0 Å². The SMILES string of the molecule is COC(=O)c1c(NC(=O)CN2C(=O)CCC2=O)sc2c1CCN(C(=O)OC)C2. The Morgan fingerprint density at radius 3 is 2.36 bits per heavy atom. The summed E-state index contributed by atoms with van der Waals surface area (Å²) in [6.45, 7) is 0.204. The number of imide groups is 1. The van der Waals surface area contributed by atoms with E-state index in [-0.39, 0.29) is 30.0 Å². The fraction of sp³-hybridized carbons (Fsp3) is 0.471. The predicted octanol–water partition coefficient (Wildman–Crippen LogP) is 0.747. The quantitative estimate of drug-likeness (QED) is 0.575. The molecule has 1 N–H and O–H groups in total. The monoisotopic (exact) mass is 409 g/mol. The van der Waals surface area contributed by atoms with Gasteiger partial charge in [0.15, 0.2) is 0 Å². The third-order valence-corrected chi connectivity index (χ3v) is 5.72. The predicted molar refractivity (Wildman–Crippen MR) is 96.8 cm³/mol. The average Bonchev–Trinajstić information content (AvgIpc) is 3.20. The summed E-state index contributed by atoms with van der Waals surface area (Å²) in [5.41, 5.74) is 0.945. The molecule has 0 spiro atoms. The van der Waals surface area contributed by atoms with E-state index in [0.29, 0.717) is 18.5 Å². The number of likely N-dealkylation sites (tertiary alicyclic amines) is 1. The van der Waals surface area contributed by atoms with Crippen molar-refractivity contribution in [1.82, 2.24) is 9.80 Å². The standard InChI is InChI=1S/C17H19N3O7S/c1-26-16(24)14-9-5-6-19(17(25)27-2)7-10(9)28-15(14)18-11(21)8-20-12(22)3-4-13(20)23/h3-8H2,1-2H3,(H,18,21). The van der Waals surface area contributed by atoms with Crippen molar-refractivity contribution in [1.29, 1.82) is 0 Å². The normalized spacial score (nSPS) is 16.1. The van der Waals surface area contributed by atoms with E-state index in [0.717, 1.165) is 21.1 Å². The fourth-order valence-corrected chi connectivity index (χ4v) is 4.47. The Hall–Kier alpha value is -2.95. The first-order chi connectivity index (χ1) is 13.3. The molecule has 150 valence electrons. The summed E-state index contributed by atoms with van der Waals surface area (Å²) in [7, 11) is 2.53. The van der Waals surface area contributed by atoms with Gasteiger partial charge in [-0.15, -0.1) is 11.3 Å². The molecule has 10 nitrogen and oxygen atoms in total. The number of hydrogen-bond acceptors (Lipinski definition) is 8. The molecule has 3 rings (SSSR count). The molecule has 0 unspecified atom stereocenters. The average molecular weight is 409 g/mol. The van der Waals surface area contributed by atoms with Crippen LogP contribution in [0, 0.1) is 0 Å². The molecule has 0 saturated carbocycles. The molecule has 0 aliphatic carbocycles. The van der Waals surface area contributed by atoms with Gasteiger partial charge in [0.1, 0.15) is 11.5 Å². The molecule has 1 saturated heterocycles. The summed E-state index contributed by atoms with van der Waals surface area (Å²) in [5, 5.41) is 2.88. The van der Waals surface area contributed by atoms with Crippen molar-refractivity contribution >= 4 is 46.1 Å². The van der Waals surface area contributed by atoms with Crippen LogP contribution in [0.15, 0.2) is 0 Å². The molecule has 28 heavy (non-hydrogen) atoms. The van der Waals surface area contributed by atoms with Crippen molar-refractivity contribution in [2.75, 3.05) is 32.6 Å². The summed E-state index contributed by atoms with van der Waals surface area (Å²) < 4.78 is 9.57. The number of nitrogens with zero attached hydrogens (tertiary/aromatic N) is 2. The minimum Gasteiger partial charge on any atom is -0.465 e. The Balaban J connectivity index is 1.82. The van der Waals surface area contributed by atoms with E-state index in [4.69, 9.17) is 9.47 Å². The van der Waals surface area contributed by atoms with Crippen molar-refractivity contribution in [3.8, 4) is 0 Å². The lowest BCUT2D eigenvalue weighted by Gasteiger charge is -2.25. The van der Waals surface area contributed by atoms with Crippen LogP contribution in [0.1, 0.15) is 33.6 Å². The highest BCUT2D eigenvalue weighted by molar-refractivity contribution is 7.17. The van der Waals surface area contributed by atoms with Crippen molar-refractivity contribution in [3.05, 3.63) is 16.0 Å². The number of carbonyl (C=O) groups is 5. The first-order valence-corrected chi connectivity index (χ1v) is 9.36. The number of anilines is 1. The van der Waals surface area contributed by atoms with E-state index < -0.39 is 36.3 Å². The van der Waals surface area contributed by atoms with E-state index in [9.17, 15) is 24.0 Å². The Morgan fingerprint density at radius 2 is 1.75 bits per heavy atom. The lowest BCUT2D eigenvalue weighted by molar-refractivity contribution is -0.141. The van der Waals surface area contributed by atoms with Crippen LogP contribution < -0.4 is 5.32 Å². The second-order valence-corrected chi connectivity index (χ2v) is 7.37. The van der Waals surface area contributed by atoms with Gasteiger partial charge in [-0.25, -0.2) is 9.59 Å². The second kappa shape index (κ2) is 7.97. The maximum absolute atomic E-state index is 12.4. The summed E-state index contributed by atoms with van der Waals surface area (Å²) >= 11 is 1.15. The highest BCUT2D eigenvalue weighted by Crippen LogP contribution is 2.37. The molecular weight excluding hydrogens is 390 g/mol. The number of amides is 4. The fourth-order valence-electron chi connectivity index (χ4n) is 3.20. The van der Waals surface area contributed by atoms with Gasteiger partial charge >= 0.3 is 12.1 Å². The van der Waals surface area contributed by atoms with Gasteiger partial charge in [-0.2, -0.15) is 0 Å². The van der Waals surface area contributed by atoms with E-state index in [1.807, 2.05) is 0 Å². The number of thiophene rings is 1. The van der Waals surface area contributed by atoms with E-state index in [2.05, 4.69) is 5.32 Å². The van der Waals surface area contributed by atoms with Crippen molar-refractivity contribution in [2.24, 2.45) is 0 Å². The molecule has 4 amide bonds. The third kappa shape index (κ3) is 3.70. The lowest BCUT2D eigenvalue weighted by atomic mass is 10.0. The largest absolute Gasteiger partial charge is 0.465 e.